The second kappa shape index (κ2) is 3.23. The number of aliphatic hydroxyl groups excluding tert-OH is 1. The van der Waals surface area contributed by atoms with E-state index >= 15 is 0 Å². The zero-order valence-corrected chi connectivity index (χ0v) is 7.47. The lowest BCUT2D eigenvalue weighted by molar-refractivity contribution is -0.137. The number of nitrogens with one attached hydrogen (secondary N) is 1. The number of benzene rings is 1. The molecule has 1 aromatic carbocycles. The maximum atomic E-state index is 12.4. The van der Waals surface area contributed by atoms with Crippen LogP contribution in [0.15, 0.2) is 18.5 Å². The van der Waals surface area contributed by atoms with Gasteiger partial charge in [0.05, 0.1) is 29.5 Å². The number of alkyl halides is 3. The summed E-state index contributed by atoms with van der Waals surface area (Å²) in [5.41, 5.74) is 0.0174. The Morgan fingerprint density at radius 2 is 2.07 bits per heavy atom. The van der Waals surface area contributed by atoms with E-state index in [1.165, 1.54) is 6.33 Å². The second-order valence-corrected chi connectivity index (χ2v) is 3.09. The van der Waals surface area contributed by atoms with Gasteiger partial charge in [0.25, 0.3) is 0 Å². The Morgan fingerprint density at radius 1 is 1.33 bits per heavy atom. The molecule has 1 heterocycles. The molecule has 0 radical (unpaired) electrons. The quantitative estimate of drug-likeness (QED) is 0.766. The third kappa shape index (κ3) is 1.68. The third-order valence-electron chi connectivity index (χ3n) is 2.10. The number of imidazole rings is 1. The summed E-state index contributed by atoms with van der Waals surface area (Å²) < 4.78 is 37.3. The summed E-state index contributed by atoms with van der Waals surface area (Å²) in [6, 6.07) is 1.88. The van der Waals surface area contributed by atoms with Gasteiger partial charge in [0, 0.05) is 5.56 Å². The first-order valence-electron chi connectivity index (χ1n) is 4.16. The van der Waals surface area contributed by atoms with Crippen LogP contribution in [0.1, 0.15) is 11.1 Å². The van der Waals surface area contributed by atoms with Gasteiger partial charge in [-0.3, -0.25) is 0 Å². The molecule has 2 N–H and O–H groups in total. The Labute approximate surface area is 82.6 Å². The minimum absolute atomic E-state index is 0.168. The van der Waals surface area contributed by atoms with Gasteiger partial charge >= 0.3 is 6.18 Å². The minimum atomic E-state index is -4.41. The number of halogens is 3. The lowest BCUT2D eigenvalue weighted by Gasteiger charge is -2.08. The molecule has 3 nitrogen and oxygen atoms in total. The molecule has 0 spiro atoms. The first-order valence-corrected chi connectivity index (χ1v) is 4.16. The van der Waals surface area contributed by atoms with Crippen molar-refractivity contribution in [3.8, 4) is 0 Å². The number of hydrogen-bond acceptors (Lipinski definition) is 2. The summed E-state index contributed by atoms with van der Waals surface area (Å²) in [5.74, 6) is 0. The number of aliphatic hydroxyl groups is 1. The van der Waals surface area contributed by atoms with Crippen LogP contribution in [0.25, 0.3) is 11.0 Å². The number of nitrogens with zero attached hydrogens (tertiary/aromatic N) is 1. The van der Waals surface area contributed by atoms with Crippen LogP contribution in [0, 0.1) is 0 Å². The molecule has 0 saturated carbocycles. The zero-order chi connectivity index (χ0) is 11.1. The number of H-pyrrole nitrogens is 1. The van der Waals surface area contributed by atoms with Crippen LogP contribution in [-0.4, -0.2) is 15.1 Å². The Morgan fingerprint density at radius 3 is 2.67 bits per heavy atom. The molecule has 15 heavy (non-hydrogen) atoms. The smallest absolute Gasteiger partial charge is 0.392 e. The van der Waals surface area contributed by atoms with Crippen molar-refractivity contribution in [2.75, 3.05) is 0 Å². The van der Waals surface area contributed by atoms with Crippen molar-refractivity contribution in [3.63, 3.8) is 0 Å². The fourth-order valence-electron chi connectivity index (χ4n) is 1.41. The lowest BCUT2D eigenvalue weighted by atomic mass is 10.1. The molecule has 0 aliphatic rings. The van der Waals surface area contributed by atoms with Gasteiger partial charge in [-0.05, 0) is 12.1 Å². The van der Waals surface area contributed by atoms with Gasteiger partial charge in [0.15, 0.2) is 0 Å². The molecule has 2 rings (SSSR count). The van der Waals surface area contributed by atoms with Gasteiger partial charge in [-0.25, -0.2) is 4.98 Å². The zero-order valence-electron chi connectivity index (χ0n) is 7.47. The monoisotopic (exact) mass is 216 g/mol. The molecular formula is C9H7F3N2O. The average molecular weight is 216 g/mol. The molecule has 0 atom stereocenters. The van der Waals surface area contributed by atoms with E-state index < -0.39 is 18.3 Å². The largest absolute Gasteiger partial charge is 0.416 e. The van der Waals surface area contributed by atoms with Crippen molar-refractivity contribution in [2.24, 2.45) is 0 Å². The Hall–Kier alpha value is -1.56. The van der Waals surface area contributed by atoms with Crippen molar-refractivity contribution in [2.45, 2.75) is 12.8 Å². The van der Waals surface area contributed by atoms with E-state index in [1.807, 2.05) is 0 Å². The van der Waals surface area contributed by atoms with Gasteiger partial charge in [-0.2, -0.15) is 13.2 Å². The predicted octanol–water partition coefficient (Wildman–Crippen LogP) is 2.07. The van der Waals surface area contributed by atoms with Crippen LogP contribution in [0.3, 0.4) is 0 Å². The maximum absolute atomic E-state index is 12.4. The van der Waals surface area contributed by atoms with Crippen LogP contribution in [0.2, 0.25) is 0 Å². The number of aromatic amines is 1. The van der Waals surface area contributed by atoms with Crippen LogP contribution in [0.5, 0.6) is 0 Å². The number of fused-ring (bicyclic) bond motifs is 1. The van der Waals surface area contributed by atoms with Crippen molar-refractivity contribution in [1.82, 2.24) is 9.97 Å². The number of hydrogen-bond donors (Lipinski definition) is 2. The SMILES string of the molecule is OCc1cc(C(F)(F)F)cc2[nH]cnc12. The number of aromatic nitrogens is 2. The molecule has 6 heteroatoms. The van der Waals surface area contributed by atoms with Crippen LogP contribution in [0.4, 0.5) is 13.2 Å². The van der Waals surface area contributed by atoms with Gasteiger partial charge < -0.3 is 10.1 Å². The van der Waals surface area contributed by atoms with E-state index in [-0.39, 0.29) is 11.1 Å². The average Bonchev–Trinajstić information content (AvgIpc) is 2.62. The summed E-state index contributed by atoms with van der Waals surface area (Å²) in [6.45, 7) is -0.467. The van der Waals surface area contributed by atoms with Crippen molar-refractivity contribution < 1.29 is 18.3 Å². The summed E-state index contributed by atoms with van der Waals surface area (Å²) in [4.78, 5) is 6.41. The van der Waals surface area contributed by atoms with Gasteiger partial charge in [0.1, 0.15) is 0 Å². The Bertz CT molecular complexity index is 490. The van der Waals surface area contributed by atoms with E-state index in [2.05, 4.69) is 9.97 Å². The van der Waals surface area contributed by atoms with E-state index in [0.717, 1.165) is 12.1 Å². The summed E-state index contributed by atoms with van der Waals surface area (Å²) >= 11 is 0. The van der Waals surface area contributed by atoms with Crippen LogP contribution in [-0.2, 0) is 12.8 Å². The highest BCUT2D eigenvalue weighted by atomic mass is 19.4. The molecular weight excluding hydrogens is 209 g/mol. The fraction of sp³-hybridized carbons (Fsp3) is 0.222. The molecule has 0 amide bonds. The number of rotatable bonds is 1. The van der Waals surface area contributed by atoms with E-state index in [9.17, 15) is 13.2 Å². The molecule has 0 aliphatic heterocycles. The van der Waals surface area contributed by atoms with E-state index in [4.69, 9.17) is 5.11 Å². The molecule has 80 valence electrons. The predicted molar refractivity (Wildman–Crippen MR) is 47.0 cm³/mol. The summed E-state index contributed by atoms with van der Waals surface area (Å²) in [5, 5.41) is 8.92. The Balaban J connectivity index is 2.69. The molecule has 1 aromatic heterocycles. The third-order valence-corrected chi connectivity index (χ3v) is 2.10. The first-order chi connectivity index (χ1) is 7.02. The molecule has 0 unspecified atom stereocenters. The molecule has 0 fully saturated rings. The normalized spacial score (nSPS) is 12.3. The van der Waals surface area contributed by atoms with E-state index in [0.29, 0.717) is 5.52 Å². The summed E-state index contributed by atoms with van der Waals surface area (Å²) in [7, 11) is 0. The minimum Gasteiger partial charge on any atom is -0.392 e. The standard InChI is InChI=1S/C9H7F3N2O/c10-9(11,12)6-1-5(3-15)8-7(2-6)13-4-14-8/h1-2,4,15H,3H2,(H,13,14). The van der Waals surface area contributed by atoms with Gasteiger partial charge in [-0.15, -0.1) is 0 Å². The maximum Gasteiger partial charge on any atom is 0.416 e. The van der Waals surface area contributed by atoms with Crippen molar-refractivity contribution >= 4 is 11.0 Å². The highest BCUT2D eigenvalue weighted by molar-refractivity contribution is 5.79. The van der Waals surface area contributed by atoms with Crippen molar-refractivity contribution in [3.05, 3.63) is 29.6 Å². The highest BCUT2D eigenvalue weighted by Gasteiger charge is 2.31. The van der Waals surface area contributed by atoms with Gasteiger partial charge in [-0.1, -0.05) is 0 Å². The van der Waals surface area contributed by atoms with Gasteiger partial charge in [0.2, 0.25) is 0 Å². The fourth-order valence-corrected chi connectivity index (χ4v) is 1.41. The molecule has 0 aliphatic carbocycles. The van der Waals surface area contributed by atoms with Crippen molar-refractivity contribution in [1.29, 1.82) is 0 Å². The first kappa shape index (κ1) is 9.97. The molecule has 0 bridgehead atoms. The van der Waals surface area contributed by atoms with E-state index in [1.54, 1.807) is 0 Å². The lowest BCUT2D eigenvalue weighted by Crippen LogP contribution is -2.05. The highest BCUT2D eigenvalue weighted by Crippen LogP contribution is 2.32. The topological polar surface area (TPSA) is 48.9 Å². The van der Waals surface area contributed by atoms with Crippen LogP contribution >= 0.6 is 0 Å². The van der Waals surface area contributed by atoms with Crippen LogP contribution < -0.4 is 0 Å². The Kier molecular flexibility index (Phi) is 2.15. The molecule has 0 saturated heterocycles. The molecule has 2 aromatic rings. The second-order valence-electron chi connectivity index (χ2n) is 3.09. The summed E-state index contributed by atoms with van der Waals surface area (Å²) in [6.07, 6.45) is -3.12.